The highest BCUT2D eigenvalue weighted by atomic mass is 16.7. The highest BCUT2D eigenvalue weighted by Gasteiger charge is 2.49. The van der Waals surface area contributed by atoms with Crippen LogP contribution in [0, 0.1) is 5.41 Å². The molecule has 0 N–H and O–H groups in total. The van der Waals surface area contributed by atoms with E-state index < -0.39 is 0 Å². The largest absolute Gasteiger partial charge is 0.468 e. The number of benzene rings is 1. The van der Waals surface area contributed by atoms with E-state index in [9.17, 15) is 0 Å². The summed E-state index contributed by atoms with van der Waals surface area (Å²) in [5, 5.41) is 1.39. The van der Waals surface area contributed by atoms with E-state index in [0.717, 1.165) is 30.9 Å². The molecular formula is C26H31N3O2. The molecule has 2 aromatic rings. The lowest BCUT2D eigenvalue weighted by molar-refractivity contribution is 0.0307. The SMILES string of the molecule is CC[C@@]12C=CC(C3=NCC(C)=C(OC)O3)n3c4c(c5ccccc53)CCN(CCC1)[C@H]42. The second-order valence-corrected chi connectivity index (χ2v) is 9.46. The summed E-state index contributed by atoms with van der Waals surface area (Å²) in [7, 11) is 1.68. The van der Waals surface area contributed by atoms with Crippen LogP contribution in [0.15, 0.2) is 52.9 Å². The quantitative estimate of drug-likeness (QED) is 0.649. The third kappa shape index (κ3) is 2.62. The van der Waals surface area contributed by atoms with E-state index in [0.29, 0.717) is 18.5 Å². The van der Waals surface area contributed by atoms with Crippen LogP contribution in [0.2, 0.25) is 0 Å². The van der Waals surface area contributed by atoms with Gasteiger partial charge in [0.05, 0.1) is 19.7 Å². The van der Waals surface area contributed by atoms with Gasteiger partial charge in [0, 0.05) is 34.1 Å². The van der Waals surface area contributed by atoms with E-state index >= 15 is 0 Å². The Kier molecular flexibility index (Phi) is 4.32. The molecule has 1 saturated heterocycles. The van der Waals surface area contributed by atoms with Crippen LogP contribution in [0.3, 0.4) is 0 Å². The van der Waals surface area contributed by atoms with Crippen LogP contribution in [-0.4, -0.2) is 42.1 Å². The van der Waals surface area contributed by atoms with Gasteiger partial charge in [-0.2, -0.15) is 0 Å². The van der Waals surface area contributed by atoms with Crippen molar-refractivity contribution in [1.82, 2.24) is 9.47 Å². The first-order valence-corrected chi connectivity index (χ1v) is 11.7. The van der Waals surface area contributed by atoms with Gasteiger partial charge in [0.2, 0.25) is 5.90 Å². The average molecular weight is 418 g/mol. The molecule has 1 aromatic heterocycles. The summed E-state index contributed by atoms with van der Waals surface area (Å²) >= 11 is 0. The molecule has 5 heteroatoms. The third-order valence-electron chi connectivity index (χ3n) is 7.97. The molecule has 31 heavy (non-hydrogen) atoms. The number of piperidine rings is 1. The normalized spacial score (nSPS) is 30.0. The van der Waals surface area contributed by atoms with Crippen molar-refractivity contribution in [3.8, 4) is 0 Å². The van der Waals surface area contributed by atoms with Crippen molar-refractivity contribution in [2.24, 2.45) is 10.4 Å². The maximum atomic E-state index is 6.24. The second kappa shape index (κ2) is 6.99. The minimum absolute atomic E-state index is 0.0547. The first-order chi connectivity index (χ1) is 15.2. The molecule has 5 nitrogen and oxygen atoms in total. The minimum Gasteiger partial charge on any atom is -0.468 e. The van der Waals surface area contributed by atoms with Gasteiger partial charge in [-0.15, -0.1) is 0 Å². The number of aromatic nitrogens is 1. The molecule has 162 valence electrons. The average Bonchev–Trinajstić information content (AvgIpc) is 3.05. The Morgan fingerprint density at radius 3 is 2.97 bits per heavy atom. The van der Waals surface area contributed by atoms with E-state index in [1.165, 1.54) is 41.5 Å². The molecule has 0 radical (unpaired) electrons. The van der Waals surface area contributed by atoms with E-state index in [4.69, 9.17) is 14.5 Å². The van der Waals surface area contributed by atoms with E-state index in [2.05, 4.69) is 52.8 Å². The fraction of sp³-hybridized carbons (Fsp3) is 0.500. The molecule has 1 fully saturated rings. The van der Waals surface area contributed by atoms with E-state index in [1.54, 1.807) is 7.11 Å². The highest BCUT2D eigenvalue weighted by molar-refractivity contribution is 5.91. The fourth-order valence-electron chi connectivity index (χ4n) is 6.46. The number of hydrogen-bond acceptors (Lipinski definition) is 4. The predicted octanol–water partition coefficient (Wildman–Crippen LogP) is 5.15. The molecular weight excluding hydrogens is 386 g/mol. The summed E-state index contributed by atoms with van der Waals surface area (Å²) in [6.07, 6.45) is 9.64. The van der Waals surface area contributed by atoms with Crippen LogP contribution in [0.5, 0.6) is 0 Å². The van der Waals surface area contributed by atoms with Gasteiger partial charge in [-0.05, 0) is 50.8 Å². The van der Waals surface area contributed by atoms with Gasteiger partial charge < -0.3 is 14.0 Å². The minimum atomic E-state index is -0.0547. The Balaban J connectivity index is 1.61. The lowest BCUT2D eigenvalue weighted by Gasteiger charge is -2.50. The second-order valence-electron chi connectivity index (χ2n) is 9.46. The molecule has 0 spiro atoms. The Morgan fingerprint density at radius 2 is 2.13 bits per heavy atom. The molecule has 0 saturated carbocycles. The number of ether oxygens (including phenoxy) is 2. The molecule has 5 heterocycles. The van der Waals surface area contributed by atoms with Crippen molar-refractivity contribution < 1.29 is 9.47 Å². The maximum absolute atomic E-state index is 6.24. The van der Waals surface area contributed by atoms with Crippen molar-refractivity contribution >= 4 is 16.8 Å². The van der Waals surface area contributed by atoms with Gasteiger partial charge in [0.25, 0.3) is 5.95 Å². The van der Waals surface area contributed by atoms with E-state index in [1.807, 2.05) is 6.92 Å². The number of fused-ring (bicyclic) bond motifs is 3. The van der Waals surface area contributed by atoms with Gasteiger partial charge in [0.15, 0.2) is 0 Å². The number of nitrogens with zero attached hydrogens (tertiary/aromatic N) is 3. The standard InChI is InChI=1S/C26H31N3O2/c1-4-26-12-7-14-28-15-11-19-18-8-5-6-9-20(18)29(22(19)23(26)28)21(10-13-26)24-27-16-17(2)25(30-3)31-24/h5-6,8-10,13,21,23H,4,7,11-12,14-16H2,1-3H3/t21?,23-,26+/m1/s1. The lowest BCUT2D eigenvalue weighted by Crippen LogP contribution is -2.48. The molecule has 6 rings (SSSR count). The maximum Gasteiger partial charge on any atom is 0.286 e. The zero-order valence-electron chi connectivity index (χ0n) is 18.7. The smallest absolute Gasteiger partial charge is 0.286 e. The molecule has 3 atom stereocenters. The van der Waals surface area contributed by atoms with Gasteiger partial charge >= 0.3 is 0 Å². The number of rotatable bonds is 3. The van der Waals surface area contributed by atoms with Gasteiger partial charge in [0.1, 0.15) is 6.04 Å². The first-order valence-electron chi connectivity index (χ1n) is 11.7. The molecule has 0 bridgehead atoms. The molecule has 0 aliphatic carbocycles. The Hall–Kier alpha value is -2.53. The lowest BCUT2D eigenvalue weighted by atomic mass is 9.68. The predicted molar refractivity (Wildman–Crippen MR) is 123 cm³/mol. The molecule has 1 aromatic carbocycles. The van der Waals surface area contributed by atoms with Crippen LogP contribution >= 0.6 is 0 Å². The summed E-state index contributed by atoms with van der Waals surface area (Å²) in [5.74, 6) is 1.33. The Morgan fingerprint density at radius 1 is 1.26 bits per heavy atom. The first kappa shape index (κ1) is 19.2. The highest BCUT2D eigenvalue weighted by Crippen LogP contribution is 2.55. The van der Waals surface area contributed by atoms with Gasteiger partial charge in [-0.3, -0.25) is 4.90 Å². The summed E-state index contributed by atoms with van der Waals surface area (Å²) in [6, 6.07) is 9.26. The third-order valence-corrected chi connectivity index (χ3v) is 7.97. The van der Waals surface area contributed by atoms with Crippen molar-refractivity contribution in [3.05, 3.63) is 59.2 Å². The molecule has 4 aliphatic heterocycles. The molecule has 1 unspecified atom stereocenters. The zero-order chi connectivity index (χ0) is 21.2. The zero-order valence-corrected chi connectivity index (χ0v) is 18.7. The number of aliphatic imine (C=N–C) groups is 1. The number of para-hydroxylation sites is 1. The van der Waals surface area contributed by atoms with Crippen molar-refractivity contribution in [2.75, 3.05) is 26.7 Å². The summed E-state index contributed by atoms with van der Waals surface area (Å²) in [4.78, 5) is 7.60. The molecule has 4 aliphatic rings. The summed E-state index contributed by atoms with van der Waals surface area (Å²) < 4.78 is 14.3. The number of methoxy groups -OCH3 is 1. The van der Waals surface area contributed by atoms with Crippen LogP contribution < -0.4 is 0 Å². The Bertz CT molecular complexity index is 1140. The van der Waals surface area contributed by atoms with Gasteiger partial charge in [-0.25, -0.2) is 4.99 Å². The fourth-order valence-corrected chi connectivity index (χ4v) is 6.46. The van der Waals surface area contributed by atoms with Crippen LogP contribution in [0.4, 0.5) is 0 Å². The van der Waals surface area contributed by atoms with Crippen LogP contribution in [-0.2, 0) is 15.9 Å². The summed E-state index contributed by atoms with van der Waals surface area (Å²) in [5.41, 5.74) is 5.51. The Labute approximate surface area is 184 Å². The van der Waals surface area contributed by atoms with Crippen molar-refractivity contribution in [2.45, 2.75) is 51.6 Å². The molecule has 0 amide bonds. The van der Waals surface area contributed by atoms with Crippen LogP contribution in [0.1, 0.15) is 56.5 Å². The monoisotopic (exact) mass is 417 g/mol. The number of hydrogen-bond donors (Lipinski definition) is 0. The van der Waals surface area contributed by atoms with E-state index in [-0.39, 0.29) is 11.5 Å². The topological polar surface area (TPSA) is 39.0 Å². The summed E-state index contributed by atoms with van der Waals surface area (Å²) in [6.45, 7) is 7.35. The van der Waals surface area contributed by atoms with Crippen molar-refractivity contribution in [1.29, 1.82) is 0 Å². The van der Waals surface area contributed by atoms with Crippen molar-refractivity contribution in [3.63, 3.8) is 0 Å². The van der Waals surface area contributed by atoms with Gasteiger partial charge in [-0.1, -0.05) is 37.3 Å². The van der Waals surface area contributed by atoms with Crippen LogP contribution in [0.25, 0.3) is 10.9 Å².